The second kappa shape index (κ2) is 9.63. The van der Waals surface area contributed by atoms with E-state index < -0.39 is 21.7 Å². The highest BCUT2D eigenvalue weighted by molar-refractivity contribution is 7.89. The summed E-state index contributed by atoms with van der Waals surface area (Å²) in [7, 11) is -3.58. The van der Waals surface area contributed by atoms with Crippen molar-refractivity contribution in [3.63, 3.8) is 0 Å². The van der Waals surface area contributed by atoms with E-state index in [4.69, 9.17) is 0 Å². The molecular formula is C21H25F2N3O3S. The molecule has 0 saturated carbocycles. The van der Waals surface area contributed by atoms with Gasteiger partial charge in [-0.15, -0.1) is 0 Å². The zero-order chi connectivity index (χ0) is 21.7. The summed E-state index contributed by atoms with van der Waals surface area (Å²) >= 11 is 0. The van der Waals surface area contributed by atoms with Crippen molar-refractivity contribution in [3.8, 4) is 0 Å². The number of carbonyl (C=O) groups excluding carboxylic acids is 1. The van der Waals surface area contributed by atoms with Gasteiger partial charge in [-0.3, -0.25) is 9.69 Å². The number of hydrogen-bond donors (Lipinski definition) is 2. The number of rotatable bonds is 7. The highest BCUT2D eigenvalue weighted by Crippen LogP contribution is 2.18. The quantitative estimate of drug-likeness (QED) is 0.698. The van der Waals surface area contributed by atoms with Crippen molar-refractivity contribution in [1.82, 2.24) is 9.62 Å². The molecule has 1 amide bonds. The molecule has 1 saturated heterocycles. The third kappa shape index (κ3) is 6.07. The zero-order valence-corrected chi connectivity index (χ0v) is 17.5. The fourth-order valence-electron chi connectivity index (χ4n) is 3.47. The van der Waals surface area contributed by atoms with Gasteiger partial charge in [-0.1, -0.05) is 17.7 Å². The number of hydrogen-bond acceptors (Lipinski definition) is 4. The predicted octanol–water partition coefficient (Wildman–Crippen LogP) is 2.90. The number of amides is 1. The highest BCUT2D eigenvalue weighted by atomic mass is 32.2. The first-order chi connectivity index (χ1) is 14.2. The molecule has 2 aromatic rings. The molecule has 3 rings (SSSR count). The van der Waals surface area contributed by atoms with Crippen LogP contribution in [-0.2, 0) is 14.8 Å². The van der Waals surface area contributed by atoms with E-state index in [1.807, 2.05) is 11.8 Å². The van der Waals surface area contributed by atoms with Crippen LogP contribution in [0.15, 0.2) is 47.4 Å². The van der Waals surface area contributed by atoms with E-state index in [9.17, 15) is 22.0 Å². The smallest absolute Gasteiger partial charge is 0.240 e. The van der Waals surface area contributed by atoms with Crippen LogP contribution in [0.1, 0.15) is 18.4 Å². The number of nitrogens with zero attached hydrogens (tertiary/aromatic N) is 1. The van der Waals surface area contributed by atoms with Crippen LogP contribution >= 0.6 is 0 Å². The lowest BCUT2D eigenvalue weighted by Crippen LogP contribution is -2.43. The number of anilines is 1. The maximum absolute atomic E-state index is 13.3. The van der Waals surface area contributed by atoms with Crippen molar-refractivity contribution < 1.29 is 22.0 Å². The van der Waals surface area contributed by atoms with Gasteiger partial charge in [-0.25, -0.2) is 21.9 Å². The van der Waals surface area contributed by atoms with Gasteiger partial charge in [0.1, 0.15) is 0 Å². The van der Waals surface area contributed by atoms with E-state index in [1.165, 1.54) is 6.07 Å². The van der Waals surface area contributed by atoms with Crippen LogP contribution in [0, 0.1) is 24.5 Å². The van der Waals surface area contributed by atoms with E-state index in [2.05, 4.69) is 10.0 Å². The summed E-state index contributed by atoms with van der Waals surface area (Å²) in [5.41, 5.74) is 1.18. The summed E-state index contributed by atoms with van der Waals surface area (Å²) in [6.07, 6.45) is 1.70. The van der Waals surface area contributed by atoms with Gasteiger partial charge >= 0.3 is 0 Å². The Hall–Kier alpha value is -2.36. The van der Waals surface area contributed by atoms with Crippen molar-refractivity contribution in [1.29, 1.82) is 0 Å². The van der Waals surface area contributed by atoms with Gasteiger partial charge in [-0.05, 0) is 56.5 Å². The van der Waals surface area contributed by atoms with Gasteiger partial charge in [0.15, 0.2) is 11.6 Å². The minimum Gasteiger partial charge on any atom is -0.325 e. The van der Waals surface area contributed by atoms with Crippen LogP contribution in [-0.4, -0.2) is 45.4 Å². The van der Waals surface area contributed by atoms with Crippen molar-refractivity contribution in [2.75, 3.05) is 31.5 Å². The van der Waals surface area contributed by atoms with Gasteiger partial charge < -0.3 is 5.32 Å². The maximum Gasteiger partial charge on any atom is 0.240 e. The zero-order valence-electron chi connectivity index (χ0n) is 16.7. The Labute approximate surface area is 175 Å². The van der Waals surface area contributed by atoms with E-state index in [-0.39, 0.29) is 35.5 Å². The molecule has 0 spiro atoms. The molecule has 6 nitrogen and oxygen atoms in total. The summed E-state index contributed by atoms with van der Waals surface area (Å²) < 4.78 is 53.8. The second-order valence-electron chi connectivity index (χ2n) is 7.59. The molecule has 1 aliphatic heterocycles. The minimum absolute atomic E-state index is 0.0787. The van der Waals surface area contributed by atoms with E-state index in [0.717, 1.165) is 30.5 Å². The third-order valence-corrected chi connectivity index (χ3v) is 6.51. The van der Waals surface area contributed by atoms with Crippen LogP contribution in [0.3, 0.4) is 0 Å². The molecule has 1 aliphatic rings. The molecule has 30 heavy (non-hydrogen) atoms. The molecule has 0 bridgehead atoms. The van der Waals surface area contributed by atoms with Gasteiger partial charge in [-0.2, -0.15) is 0 Å². The number of nitrogens with one attached hydrogen (secondary N) is 2. The summed E-state index contributed by atoms with van der Waals surface area (Å²) in [4.78, 5) is 14.4. The number of aryl methyl sites for hydroxylation is 1. The van der Waals surface area contributed by atoms with Gasteiger partial charge in [0, 0.05) is 24.8 Å². The number of sulfonamides is 1. The van der Waals surface area contributed by atoms with E-state index in [1.54, 1.807) is 24.3 Å². The van der Waals surface area contributed by atoms with Crippen molar-refractivity contribution in [2.24, 2.45) is 5.92 Å². The van der Waals surface area contributed by atoms with E-state index >= 15 is 0 Å². The topological polar surface area (TPSA) is 78.5 Å². The molecule has 1 unspecified atom stereocenters. The second-order valence-corrected chi connectivity index (χ2v) is 9.35. The lowest BCUT2D eigenvalue weighted by atomic mass is 9.98. The molecule has 1 heterocycles. The SMILES string of the molecule is Cc1ccc(S(=O)(=O)NCC2CCCN(CC(=O)Nc3ccc(F)c(F)c3)C2)cc1. The molecule has 162 valence electrons. The predicted molar refractivity (Wildman–Crippen MR) is 111 cm³/mol. The first kappa shape index (κ1) is 22.3. The van der Waals surface area contributed by atoms with Crippen LogP contribution in [0.5, 0.6) is 0 Å². The number of carbonyl (C=O) groups is 1. The van der Waals surface area contributed by atoms with Crippen LogP contribution in [0.2, 0.25) is 0 Å². The first-order valence-corrected chi connectivity index (χ1v) is 11.2. The Balaban J connectivity index is 1.50. The monoisotopic (exact) mass is 437 g/mol. The Morgan fingerprint density at radius 3 is 2.57 bits per heavy atom. The average Bonchev–Trinajstić information content (AvgIpc) is 2.70. The normalized spacial score (nSPS) is 17.6. The molecule has 1 fully saturated rings. The molecule has 0 aromatic heterocycles. The van der Waals surface area contributed by atoms with Gasteiger partial charge in [0.2, 0.25) is 15.9 Å². The third-order valence-electron chi connectivity index (χ3n) is 5.07. The van der Waals surface area contributed by atoms with Crippen LogP contribution < -0.4 is 10.0 Å². The Bertz CT molecular complexity index is 997. The first-order valence-electron chi connectivity index (χ1n) is 9.76. The van der Waals surface area contributed by atoms with Crippen LogP contribution in [0.25, 0.3) is 0 Å². The lowest BCUT2D eigenvalue weighted by Gasteiger charge is -2.32. The minimum atomic E-state index is -3.58. The lowest BCUT2D eigenvalue weighted by molar-refractivity contribution is -0.117. The molecule has 1 atom stereocenters. The van der Waals surface area contributed by atoms with Crippen molar-refractivity contribution in [2.45, 2.75) is 24.7 Å². The van der Waals surface area contributed by atoms with E-state index in [0.29, 0.717) is 13.1 Å². The Morgan fingerprint density at radius 2 is 1.87 bits per heavy atom. The largest absolute Gasteiger partial charge is 0.325 e. The summed E-state index contributed by atoms with van der Waals surface area (Å²) in [6, 6.07) is 9.86. The highest BCUT2D eigenvalue weighted by Gasteiger charge is 2.24. The van der Waals surface area contributed by atoms with Crippen molar-refractivity contribution >= 4 is 21.6 Å². The molecule has 2 aromatic carbocycles. The molecular weight excluding hydrogens is 412 g/mol. The average molecular weight is 438 g/mol. The molecule has 0 aliphatic carbocycles. The van der Waals surface area contributed by atoms with Crippen LogP contribution in [0.4, 0.5) is 14.5 Å². The number of likely N-dealkylation sites (tertiary alicyclic amines) is 1. The molecule has 9 heteroatoms. The van der Waals surface area contributed by atoms with Gasteiger partial charge in [0.05, 0.1) is 11.4 Å². The van der Waals surface area contributed by atoms with Crippen molar-refractivity contribution in [3.05, 3.63) is 59.7 Å². The maximum atomic E-state index is 13.3. The standard InChI is InChI=1S/C21H25F2N3O3S/c1-15-4-7-18(8-5-15)30(28,29)24-12-16-3-2-10-26(13-16)14-21(27)25-17-6-9-19(22)20(23)11-17/h4-9,11,16,24H,2-3,10,12-14H2,1H3,(H,25,27). The number of piperidine rings is 1. The number of benzene rings is 2. The fraction of sp³-hybridized carbons (Fsp3) is 0.381. The summed E-state index contributed by atoms with van der Waals surface area (Å²) in [6.45, 7) is 3.56. The molecule has 0 radical (unpaired) electrons. The Morgan fingerprint density at radius 1 is 1.13 bits per heavy atom. The fourth-order valence-corrected chi connectivity index (χ4v) is 4.58. The summed E-state index contributed by atoms with van der Waals surface area (Å²) in [5, 5.41) is 2.56. The Kier molecular flexibility index (Phi) is 7.17. The van der Waals surface area contributed by atoms with Gasteiger partial charge in [0.25, 0.3) is 0 Å². The summed E-state index contributed by atoms with van der Waals surface area (Å²) in [5.74, 6) is -2.25. The molecule has 2 N–H and O–H groups in total. The number of halogens is 2.